The van der Waals surface area contributed by atoms with Crippen molar-refractivity contribution in [2.45, 2.75) is 93.2 Å². The third-order valence-corrected chi connectivity index (χ3v) is 8.06. The van der Waals surface area contributed by atoms with Gasteiger partial charge in [-0.05, 0) is 80.3 Å². The van der Waals surface area contributed by atoms with Crippen LogP contribution in [0.3, 0.4) is 0 Å². The van der Waals surface area contributed by atoms with Crippen molar-refractivity contribution in [3.8, 4) is 0 Å². The third-order valence-electron chi connectivity index (χ3n) is 8.06. The molecular formula is C35H47NO3. The van der Waals surface area contributed by atoms with Crippen molar-refractivity contribution >= 4 is 5.97 Å². The van der Waals surface area contributed by atoms with E-state index < -0.39 is 18.1 Å². The Balaban J connectivity index is 2.04. The number of hydrogen-bond acceptors (Lipinski definition) is 4. The summed E-state index contributed by atoms with van der Waals surface area (Å²) in [4.78, 5) is 16.0. The molecule has 0 aliphatic rings. The normalized spacial score (nSPS) is 14.7. The van der Waals surface area contributed by atoms with Crippen molar-refractivity contribution in [1.29, 1.82) is 0 Å². The van der Waals surface area contributed by atoms with Crippen LogP contribution in [0.25, 0.3) is 0 Å². The van der Waals surface area contributed by atoms with E-state index in [9.17, 15) is 9.90 Å². The molecule has 0 radical (unpaired) electrons. The van der Waals surface area contributed by atoms with Gasteiger partial charge in [-0.2, -0.15) is 0 Å². The summed E-state index contributed by atoms with van der Waals surface area (Å²) in [7, 11) is 0. The lowest BCUT2D eigenvalue weighted by Gasteiger charge is -2.37. The van der Waals surface area contributed by atoms with E-state index in [-0.39, 0.29) is 17.9 Å². The summed E-state index contributed by atoms with van der Waals surface area (Å²) in [5, 5.41) is 10.8. The van der Waals surface area contributed by atoms with E-state index in [4.69, 9.17) is 4.74 Å². The number of ether oxygens (including phenoxy) is 1. The molecule has 0 fully saturated rings. The Morgan fingerprint density at radius 2 is 1.44 bits per heavy atom. The summed E-state index contributed by atoms with van der Waals surface area (Å²) in [6, 6.07) is 22.9. The van der Waals surface area contributed by atoms with Gasteiger partial charge in [0, 0.05) is 19.1 Å². The highest BCUT2D eigenvalue weighted by molar-refractivity contribution is 5.73. The van der Waals surface area contributed by atoms with Gasteiger partial charge < -0.3 is 9.84 Å². The Kier molecular flexibility index (Phi) is 10.9. The number of aryl methyl sites for hydroxylation is 4. The van der Waals surface area contributed by atoms with Crippen molar-refractivity contribution in [3.05, 3.63) is 106 Å². The Morgan fingerprint density at radius 1 is 0.846 bits per heavy atom. The number of benzene rings is 3. The molecule has 0 spiro atoms. The zero-order chi connectivity index (χ0) is 28.7. The molecule has 0 heterocycles. The number of rotatable bonds is 12. The molecule has 39 heavy (non-hydrogen) atoms. The van der Waals surface area contributed by atoms with Gasteiger partial charge in [0.15, 0.2) is 0 Å². The largest absolute Gasteiger partial charge is 0.456 e. The lowest BCUT2D eigenvalue weighted by atomic mass is 9.91. The lowest BCUT2D eigenvalue weighted by Crippen LogP contribution is -2.41. The molecule has 4 nitrogen and oxygen atoms in total. The molecule has 0 aromatic heterocycles. The number of aliphatic hydroxyl groups is 1. The van der Waals surface area contributed by atoms with Crippen LogP contribution in [0.2, 0.25) is 0 Å². The second kappa shape index (κ2) is 13.9. The molecule has 210 valence electrons. The second-order valence-corrected chi connectivity index (χ2v) is 11.5. The first-order chi connectivity index (χ1) is 18.5. The summed E-state index contributed by atoms with van der Waals surface area (Å²) in [5.74, 6) is -0.923. The number of carbonyl (C=O) groups is 1. The fraction of sp³-hybridized carbons (Fsp3) is 0.457. The second-order valence-electron chi connectivity index (χ2n) is 11.5. The molecule has 0 aliphatic carbocycles. The molecule has 4 heteroatoms. The standard InChI is InChI=1S/C35H47NO3/c1-9-31(33(37)23(2)3)35(38)39-34(29-16-11-10-12-17-29)28(8)36(21-30-18-14-13-15-25(30)5)22-32-26(6)19-24(4)20-27(32)7/h10-20,23,28,31,33-34,37H,9,21-22H2,1-8H3/t28-,31-,33-,34-/m0/s1. The molecule has 0 amide bonds. The van der Waals surface area contributed by atoms with Crippen LogP contribution >= 0.6 is 0 Å². The highest BCUT2D eigenvalue weighted by atomic mass is 16.5. The maximum Gasteiger partial charge on any atom is 0.312 e. The van der Waals surface area contributed by atoms with Crippen LogP contribution < -0.4 is 0 Å². The molecule has 0 bridgehead atoms. The van der Waals surface area contributed by atoms with Crippen LogP contribution in [0.5, 0.6) is 0 Å². The van der Waals surface area contributed by atoms with E-state index in [0.29, 0.717) is 6.42 Å². The summed E-state index contributed by atoms with van der Waals surface area (Å²) in [6.45, 7) is 18.1. The monoisotopic (exact) mass is 529 g/mol. The van der Waals surface area contributed by atoms with Gasteiger partial charge >= 0.3 is 5.97 Å². The fourth-order valence-electron chi connectivity index (χ4n) is 5.52. The molecule has 3 aromatic rings. The smallest absolute Gasteiger partial charge is 0.312 e. The lowest BCUT2D eigenvalue weighted by molar-refractivity contribution is -0.163. The van der Waals surface area contributed by atoms with Gasteiger partial charge in [-0.15, -0.1) is 0 Å². The first-order valence-electron chi connectivity index (χ1n) is 14.3. The van der Waals surface area contributed by atoms with Gasteiger partial charge in [-0.25, -0.2) is 0 Å². The van der Waals surface area contributed by atoms with Crippen LogP contribution in [0, 0.1) is 39.5 Å². The number of esters is 1. The molecular weight excluding hydrogens is 482 g/mol. The van der Waals surface area contributed by atoms with Crippen molar-refractivity contribution in [1.82, 2.24) is 4.90 Å². The van der Waals surface area contributed by atoms with E-state index in [1.54, 1.807) is 0 Å². The van der Waals surface area contributed by atoms with Gasteiger partial charge in [0.25, 0.3) is 0 Å². The third kappa shape index (κ3) is 7.80. The topological polar surface area (TPSA) is 49.8 Å². The van der Waals surface area contributed by atoms with Crippen LogP contribution in [0.1, 0.15) is 79.2 Å². The highest BCUT2D eigenvalue weighted by Gasteiger charge is 2.34. The zero-order valence-electron chi connectivity index (χ0n) is 25.1. The van der Waals surface area contributed by atoms with Crippen molar-refractivity contribution < 1.29 is 14.6 Å². The maximum absolute atomic E-state index is 13.5. The average molecular weight is 530 g/mol. The van der Waals surface area contributed by atoms with Crippen molar-refractivity contribution in [2.75, 3.05) is 0 Å². The van der Waals surface area contributed by atoms with E-state index in [0.717, 1.165) is 18.7 Å². The Labute approximate surface area is 236 Å². The van der Waals surface area contributed by atoms with Gasteiger partial charge in [0.05, 0.1) is 12.0 Å². The maximum atomic E-state index is 13.5. The minimum atomic E-state index is -0.741. The van der Waals surface area contributed by atoms with E-state index in [1.165, 1.54) is 33.4 Å². The van der Waals surface area contributed by atoms with Crippen LogP contribution in [0.4, 0.5) is 0 Å². The summed E-state index contributed by atoms with van der Waals surface area (Å²) in [6.07, 6.45) is -0.694. The highest BCUT2D eigenvalue weighted by Crippen LogP contribution is 2.31. The van der Waals surface area contributed by atoms with E-state index in [1.807, 2.05) is 51.1 Å². The fourth-order valence-corrected chi connectivity index (χ4v) is 5.52. The molecule has 0 aliphatic heterocycles. The minimum absolute atomic E-state index is 0.0276. The van der Waals surface area contributed by atoms with E-state index in [2.05, 4.69) is 75.9 Å². The van der Waals surface area contributed by atoms with Gasteiger partial charge in [-0.3, -0.25) is 9.69 Å². The Morgan fingerprint density at radius 3 is 2.00 bits per heavy atom. The predicted octanol–water partition coefficient (Wildman–Crippen LogP) is 7.64. The number of nitrogens with zero attached hydrogens (tertiary/aromatic N) is 1. The summed E-state index contributed by atoms with van der Waals surface area (Å²) in [5.41, 5.74) is 8.57. The quantitative estimate of drug-likeness (QED) is 0.245. The average Bonchev–Trinajstić information content (AvgIpc) is 2.90. The van der Waals surface area contributed by atoms with Crippen LogP contribution in [0.15, 0.2) is 66.7 Å². The molecule has 0 saturated heterocycles. The number of carbonyl (C=O) groups excluding carboxylic acids is 1. The van der Waals surface area contributed by atoms with Crippen LogP contribution in [-0.2, 0) is 22.6 Å². The Hall–Kier alpha value is -2.95. The molecule has 0 saturated carbocycles. The zero-order valence-corrected chi connectivity index (χ0v) is 25.1. The molecule has 0 unspecified atom stereocenters. The first kappa shape index (κ1) is 30.6. The number of aliphatic hydroxyl groups excluding tert-OH is 1. The number of hydrogen-bond donors (Lipinski definition) is 1. The Bertz CT molecular complexity index is 1200. The molecule has 3 aromatic carbocycles. The van der Waals surface area contributed by atoms with Crippen molar-refractivity contribution in [2.24, 2.45) is 11.8 Å². The first-order valence-corrected chi connectivity index (χ1v) is 14.3. The molecule has 3 rings (SSSR count). The minimum Gasteiger partial charge on any atom is -0.456 e. The SMILES string of the molecule is CC[C@H](C(=O)O[C@H](c1ccccc1)[C@H](C)N(Cc1ccccc1C)Cc1c(C)cc(C)cc1C)[C@@H](O)C(C)C. The molecule has 4 atom stereocenters. The van der Waals surface area contributed by atoms with Gasteiger partial charge in [-0.1, -0.05) is 93.1 Å². The molecule has 1 N–H and O–H groups in total. The summed E-state index contributed by atoms with van der Waals surface area (Å²) >= 11 is 0. The van der Waals surface area contributed by atoms with Crippen LogP contribution in [-0.4, -0.2) is 28.1 Å². The predicted molar refractivity (Wildman–Crippen MR) is 160 cm³/mol. The van der Waals surface area contributed by atoms with E-state index >= 15 is 0 Å². The van der Waals surface area contributed by atoms with Gasteiger partial charge in [0.2, 0.25) is 0 Å². The van der Waals surface area contributed by atoms with Crippen molar-refractivity contribution in [3.63, 3.8) is 0 Å². The van der Waals surface area contributed by atoms with Gasteiger partial charge in [0.1, 0.15) is 6.10 Å². The summed E-state index contributed by atoms with van der Waals surface area (Å²) < 4.78 is 6.35.